The van der Waals surface area contributed by atoms with Crippen molar-refractivity contribution in [3.63, 3.8) is 0 Å². The van der Waals surface area contributed by atoms with Gasteiger partial charge in [0.1, 0.15) is 5.82 Å². The van der Waals surface area contributed by atoms with Crippen LogP contribution in [0.15, 0.2) is 36.7 Å². The topological polar surface area (TPSA) is 77.6 Å². The predicted octanol–water partition coefficient (Wildman–Crippen LogP) is 1.65. The molecule has 1 aromatic carbocycles. The number of aromatic nitrogens is 5. The van der Waals surface area contributed by atoms with Crippen LogP contribution in [0.2, 0.25) is 0 Å². The number of amides is 1. The third-order valence-electron chi connectivity index (χ3n) is 3.57. The number of halogens is 1. The second-order valence-corrected chi connectivity index (χ2v) is 5.45. The Bertz CT molecular complexity index is 852. The zero-order valence-electron chi connectivity index (χ0n) is 13.4. The molecule has 0 aliphatic heterocycles. The fourth-order valence-corrected chi connectivity index (χ4v) is 2.32. The highest BCUT2D eigenvalue weighted by molar-refractivity contribution is 5.93. The lowest BCUT2D eigenvalue weighted by Gasteiger charge is -2.05. The molecule has 8 heteroatoms. The molecule has 3 rings (SSSR count). The monoisotopic (exact) mass is 328 g/mol. The van der Waals surface area contributed by atoms with Crippen molar-refractivity contribution in [3.8, 4) is 5.69 Å². The largest absolute Gasteiger partial charge is 0.349 e. The fourth-order valence-electron chi connectivity index (χ4n) is 2.32. The molecule has 0 bridgehead atoms. The Morgan fingerprint density at radius 3 is 2.67 bits per heavy atom. The number of nitrogens with one attached hydrogen (secondary N) is 1. The van der Waals surface area contributed by atoms with Crippen molar-refractivity contribution in [2.75, 3.05) is 6.54 Å². The third kappa shape index (κ3) is 3.32. The summed E-state index contributed by atoms with van der Waals surface area (Å²) in [5, 5.41) is 14.9. The highest BCUT2D eigenvalue weighted by Gasteiger charge is 2.17. The summed E-state index contributed by atoms with van der Waals surface area (Å²) in [7, 11) is 0. The predicted molar refractivity (Wildman–Crippen MR) is 85.4 cm³/mol. The Labute approximate surface area is 138 Å². The van der Waals surface area contributed by atoms with E-state index in [2.05, 4.69) is 20.7 Å². The van der Waals surface area contributed by atoms with Crippen molar-refractivity contribution >= 4 is 5.91 Å². The quantitative estimate of drug-likeness (QED) is 0.772. The van der Waals surface area contributed by atoms with Gasteiger partial charge in [-0.25, -0.2) is 9.07 Å². The molecule has 3 aromatic rings. The molecule has 24 heavy (non-hydrogen) atoms. The number of nitrogens with zero attached hydrogens (tertiary/aromatic N) is 5. The summed E-state index contributed by atoms with van der Waals surface area (Å²) >= 11 is 0. The Morgan fingerprint density at radius 1 is 1.25 bits per heavy atom. The van der Waals surface area contributed by atoms with Crippen LogP contribution in [0.3, 0.4) is 0 Å². The molecule has 2 heterocycles. The van der Waals surface area contributed by atoms with Gasteiger partial charge in [-0.2, -0.15) is 5.10 Å². The van der Waals surface area contributed by atoms with E-state index in [1.54, 1.807) is 29.9 Å². The number of carbonyl (C=O) groups excluding carboxylic acids is 1. The van der Waals surface area contributed by atoms with Gasteiger partial charge in [-0.05, 0) is 43.7 Å². The zero-order chi connectivity index (χ0) is 17.1. The van der Waals surface area contributed by atoms with E-state index in [-0.39, 0.29) is 17.4 Å². The van der Waals surface area contributed by atoms with Crippen LogP contribution in [0.4, 0.5) is 4.39 Å². The smallest absolute Gasteiger partial charge is 0.273 e. The molecular formula is C16H17FN6O. The standard InChI is InChI=1S/C16H17FN6O/c1-11-9-19-22(10-11)8-7-18-16(24)15-12(2)23(21-20-15)14-5-3-13(17)4-6-14/h3-6,9-10H,7-8H2,1-2H3,(H,18,24). The van der Waals surface area contributed by atoms with E-state index >= 15 is 0 Å². The van der Waals surface area contributed by atoms with E-state index < -0.39 is 0 Å². The fraction of sp³-hybridized carbons (Fsp3) is 0.250. The number of aryl methyl sites for hydroxylation is 1. The van der Waals surface area contributed by atoms with Crippen molar-refractivity contribution in [2.45, 2.75) is 20.4 Å². The van der Waals surface area contributed by atoms with E-state index in [0.717, 1.165) is 5.56 Å². The average Bonchev–Trinajstić information content (AvgIpc) is 3.14. The number of hydrogen-bond acceptors (Lipinski definition) is 4. The lowest BCUT2D eigenvalue weighted by molar-refractivity contribution is 0.0946. The summed E-state index contributed by atoms with van der Waals surface area (Å²) < 4.78 is 16.3. The number of benzene rings is 1. The molecule has 0 atom stereocenters. The summed E-state index contributed by atoms with van der Waals surface area (Å²) in [4.78, 5) is 12.2. The van der Waals surface area contributed by atoms with Crippen molar-refractivity contribution < 1.29 is 9.18 Å². The van der Waals surface area contributed by atoms with Gasteiger partial charge < -0.3 is 5.32 Å². The second-order valence-electron chi connectivity index (χ2n) is 5.45. The SMILES string of the molecule is Cc1cnn(CCNC(=O)c2nnn(-c3ccc(F)cc3)c2C)c1. The average molecular weight is 328 g/mol. The summed E-state index contributed by atoms with van der Waals surface area (Å²) in [6, 6.07) is 5.84. The second kappa shape index (κ2) is 6.61. The normalized spacial score (nSPS) is 10.8. The highest BCUT2D eigenvalue weighted by atomic mass is 19.1. The van der Waals surface area contributed by atoms with Crippen LogP contribution in [-0.4, -0.2) is 37.2 Å². The maximum Gasteiger partial charge on any atom is 0.273 e. The Morgan fingerprint density at radius 2 is 2.00 bits per heavy atom. The Balaban J connectivity index is 1.66. The summed E-state index contributed by atoms with van der Waals surface area (Å²) in [6.45, 7) is 4.71. The number of carbonyl (C=O) groups is 1. The van der Waals surface area contributed by atoms with Gasteiger partial charge >= 0.3 is 0 Å². The van der Waals surface area contributed by atoms with Crippen LogP contribution in [0, 0.1) is 19.7 Å². The maximum absolute atomic E-state index is 13.0. The first-order valence-electron chi connectivity index (χ1n) is 7.50. The van der Waals surface area contributed by atoms with Crippen molar-refractivity contribution in [1.29, 1.82) is 0 Å². The molecule has 2 aromatic heterocycles. The van der Waals surface area contributed by atoms with Gasteiger partial charge in [0.05, 0.1) is 24.1 Å². The van der Waals surface area contributed by atoms with Gasteiger partial charge in [-0.15, -0.1) is 5.10 Å². The molecule has 0 saturated heterocycles. The molecule has 0 fully saturated rings. The molecule has 0 radical (unpaired) electrons. The minimum Gasteiger partial charge on any atom is -0.349 e. The minimum absolute atomic E-state index is 0.246. The van der Waals surface area contributed by atoms with Gasteiger partial charge in [-0.3, -0.25) is 9.48 Å². The van der Waals surface area contributed by atoms with E-state index in [4.69, 9.17) is 0 Å². The van der Waals surface area contributed by atoms with Crippen LogP contribution in [0.25, 0.3) is 5.69 Å². The van der Waals surface area contributed by atoms with Crippen molar-refractivity contribution in [3.05, 3.63) is 59.4 Å². The van der Waals surface area contributed by atoms with Crippen molar-refractivity contribution in [1.82, 2.24) is 30.1 Å². The van der Waals surface area contributed by atoms with Crippen LogP contribution in [0.5, 0.6) is 0 Å². The van der Waals surface area contributed by atoms with E-state index in [0.29, 0.717) is 24.5 Å². The summed E-state index contributed by atoms with van der Waals surface area (Å²) in [6.07, 6.45) is 3.67. The lowest BCUT2D eigenvalue weighted by Crippen LogP contribution is -2.28. The zero-order valence-corrected chi connectivity index (χ0v) is 13.4. The minimum atomic E-state index is -0.330. The van der Waals surface area contributed by atoms with Crippen LogP contribution in [0.1, 0.15) is 21.7 Å². The van der Waals surface area contributed by atoms with Gasteiger partial charge in [0.15, 0.2) is 5.69 Å². The van der Waals surface area contributed by atoms with Gasteiger partial charge in [0, 0.05) is 12.7 Å². The molecular weight excluding hydrogens is 311 g/mol. The highest BCUT2D eigenvalue weighted by Crippen LogP contribution is 2.12. The summed E-state index contributed by atoms with van der Waals surface area (Å²) in [5.74, 6) is -0.631. The first kappa shape index (κ1) is 15.9. The van der Waals surface area contributed by atoms with Gasteiger partial charge in [-0.1, -0.05) is 5.21 Å². The Hall–Kier alpha value is -3.03. The van der Waals surface area contributed by atoms with Crippen LogP contribution in [-0.2, 0) is 6.54 Å². The maximum atomic E-state index is 13.0. The van der Waals surface area contributed by atoms with E-state index in [1.165, 1.54) is 16.8 Å². The van der Waals surface area contributed by atoms with Gasteiger partial charge in [0.2, 0.25) is 0 Å². The molecule has 7 nitrogen and oxygen atoms in total. The molecule has 0 unspecified atom stereocenters. The summed E-state index contributed by atoms with van der Waals surface area (Å²) in [5.41, 5.74) is 2.55. The Kier molecular flexibility index (Phi) is 4.37. The first-order valence-corrected chi connectivity index (χ1v) is 7.50. The van der Waals surface area contributed by atoms with Crippen LogP contribution < -0.4 is 5.32 Å². The van der Waals surface area contributed by atoms with Gasteiger partial charge in [0.25, 0.3) is 5.91 Å². The molecule has 0 saturated carbocycles. The molecule has 1 N–H and O–H groups in total. The molecule has 0 aliphatic rings. The molecule has 124 valence electrons. The molecule has 0 spiro atoms. The van der Waals surface area contributed by atoms with E-state index in [9.17, 15) is 9.18 Å². The lowest BCUT2D eigenvalue weighted by atomic mass is 10.3. The van der Waals surface area contributed by atoms with Crippen molar-refractivity contribution in [2.24, 2.45) is 0 Å². The molecule has 1 amide bonds. The van der Waals surface area contributed by atoms with E-state index in [1.807, 2.05) is 13.1 Å². The first-order chi connectivity index (χ1) is 11.5. The van der Waals surface area contributed by atoms with Crippen LogP contribution >= 0.6 is 0 Å². The molecule has 0 aliphatic carbocycles. The number of rotatable bonds is 5. The third-order valence-corrected chi connectivity index (χ3v) is 3.57. The number of hydrogen-bond donors (Lipinski definition) is 1.